The van der Waals surface area contributed by atoms with Crippen LogP contribution in [0.1, 0.15) is 53.9 Å². The molecule has 17 heavy (non-hydrogen) atoms. The van der Waals surface area contributed by atoms with Crippen LogP contribution in [0.2, 0.25) is 0 Å². The number of nitrogens with zero attached hydrogens (tertiary/aromatic N) is 1. The van der Waals surface area contributed by atoms with Gasteiger partial charge in [-0.25, -0.2) is 0 Å². The van der Waals surface area contributed by atoms with Gasteiger partial charge in [0.25, 0.3) is 0 Å². The van der Waals surface area contributed by atoms with E-state index in [9.17, 15) is 9.90 Å². The summed E-state index contributed by atoms with van der Waals surface area (Å²) >= 11 is 0. The Balaban J connectivity index is 4.50. The Hall–Kier alpha value is -0.570. The Kier molecular flexibility index (Phi) is 6.76. The van der Waals surface area contributed by atoms with E-state index in [2.05, 4.69) is 25.7 Å². The summed E-state index contributed by atoms with van der Waals surface area (Å²) in [6, 6.07) is 0.436. The molecule has 102 valence electrons. The molecule has 3 heteroatoms. The zero-order valence-corrected chi connectivity index (χ0v) is 12.3. The first-order chi connectivity index (χ1) is 7.73. The number of aliphatic carboxylic acids is 1. The summed E-state index contributed by atoms with van der Waals surface area (Å²) < 4.78 is 0. The van der Waals surface area contributed by atoms with E-state index in [-0.39, 0.29) is 0 Å². The smallest absolute Gasteiger partial charge is 0.310 e. The normalized spacial score (nSPS) is 17.2. The van der Waals surface area contributed by atoms with Crippen LogP contribution in [0.4, 0.5) is 0 Å². The lowest BCUT2D eigenvalue weighted by atomic mass is 9.84. The van der Waals surface area contributed by atoms with E-state index in [0.717, 1.165) is 19.3 Å². The molecule has 0 aliphatic rings. The van der Waals surface area contributed by atoms with Crippen molar-refractivity contribution in [1.29, 1.82) is 0 Å². The summed E-state index contributed by atoms with van der Waals surface area (Å²) in [5, 5.41) is 9.35. The third-order valence-electron chi connectivity index (χ3n) is 3.48. The molecule has 0 saturated carbocycles. The highest BCUT2D eigenvalue weighted by Gasteiger charge is 2.34. The monoisotopic (exact) mass is 243 g/mol. The molecule has 1 N–H and O–H groups in total. The molecular weight excluding hydrogens is 214 g/mol. The maximum atomic E-state index is 11.4. The van der Waals surface area contributed by atoms with Gasteiger partial charge < -0.3 is 10.0 Å². The van der Waals surface area contributed by atoms with Gasteiger partial charge in [0.05, 0.1) is 5.41 Å². The van der Waals surface area contributed by atoms with Gasteiger partial charge in [-0.1, -0.05) is 27.2 Å². The number of carbonyl (C=O) groups is 1. The molecule has 0 aliphatic carbocycles. The summed E-state index contributed by atoms with van der Waals surface area (Å²) in [4.78, 5) is 13.5. The zero-order valence-electron chi connectivity index (χ0n) is 12.3. The Labute approximate surface area is 106 Å². The predicted octanol–water partition coefficient (Wildman–Crippen LogP) is 3.24. The van der Waals surface area contributed by atoms with Crippen molar-refractivity contribution in [3.63, 3.8) is 0 Å². The summed E-state index contributed by atoms with van der Waals surface area (Å²) in [5.41, 5.74) is -0.616. The standard InChI is InChI=1S/C14H29NO2/c1-7-8-14(5,13(16)17)10-15(6)12(4)9-11(2)3/h11-12H,7-10H2,1-6H3,(H,16,17). The van der Waals surface area contributed by atoms with E-state index in [1.54, 1.807) is 0 Å². The molecule has 0 aromatic rings. The van der Waals surface area contributed by atoms with Crippen LogP contribution < -0.4 is 0 Å². The number of carboxylic acids is 1. The highest BCUT2D eigenvalue weighted by Crippen LogP contribution is 2.26. The van der Waals surface area contributed by atoms with Crippen molar-refractivity contribution in [2.24, 2.45) is 11.3 Å². The van der Waals surface area contributed by atoms with Crippen molar-refractivity contribution in [2.75, 3.05) is 13.6 Å². The van der Waals surface area contributed by atoms with Crippen molar-refractivity contribution in [2.45, 2.75) is 59.9 Å². The molecule has 2 atom stereocenters. The van der Waals surface area contributed by atoms with E-state index in [1.165, 1.54) is 0 Å². The van der Waals surface area contributed by atoms with E-state index in [0.29, 0.717) is 18.5 Å². The average molecular weight is 243 g/mol. The minimum Gasteiger partial charge on any atom is -0.481 e. The fourth-order valence-corrected chi connectivity index (χ4v) is 2.37. The summed E-state index contributed by atoms with van der Waals surface area (Å²) in [5.74, 6) is -0.0299. The average Bonchev–Trinajstić information content (AvgIpc) is 2.16. The number of rotatable bonds is 8. The molecule has 0 rings (SSSR count). The molecule has 0 saturated heterocycles. The van der Waals surface area contributed by atoms with Gasteiger partial charge in [-0.3, -0.25) is 4.79 Å². The highest BCUT2D eigenvalue weighted by atomic mass is 16.4. The molecule has 0 spiro atoms. The lowest BCUT2D eigenvalue weighted by Crippen LogP contribution is -2.43. The molecule has 0 heterocycles. The van der Waals surface area contributed by atoms with Gasteiger partial charge in [-0.15, -0.1) is 0 Å². The lowest BCUT2D eigenvalue weighted by Gasteiger charge is -2.34. The van der Waals surface area contributed by atoms with Crippen molar-refractivity contribution < 1.29 is 9.90 Å². The van der Waals surface area contributed by atoms with Crippen molar-refractivity contribution in [3.8, 4) is 0 Å². The quantitative estimate of drug-likeness (QED) is 0.711. The minimum atomic E-state index is -0.678. The summed E-state index contributed by atoms with van der Waals surface area (Å²) in [7, 11) is 2.03. The van der Waals surface area contributed by atoms with Crippen LogP contribution in [0.3, 0.4) is 0 Å². The van der Waals surface area contributed by atoms with Crippen LogP contribution >= 0.6 is 0 Å². The van der Waals surface area contributed by atoms with Gasteiger partial charge in [-0.05, 0) is 39.7 Å². The van der Waals surface area contributed by atoms with Gasteiger partial charge in [0.15, 0.2) is 0 Å². The second-order valence-corrected chi connectivity index (χ2v) is 6.01. The van der Waals surface area contributed by atoms with Crippen LogP contribution in [-0.2, 0) is 4.79 Å². The molecule has 2 unspecified atom stereocenters. The maximum absolute atomic E-state index is 11.4. The van der Waals surface area contributed by atoms with Crippen LogP contribution in [-0.4, -0.2) is 35.6 Å². The first kappa shape index (κ1) is 16.4. The Morgan fingerprint density at radius 2 is 1.88 bits per heavy atom. The molecule has 0 aromatic carbocycles. The molecule has 0 aromatic heterocycles. The van der Waals surface area contributed by atoms with Gasteiger partial charge in [0, 0.05) is 12.6 Å². The Morgan fingerprint density at radius 3 is 2.24 bits per heavy atom. The topological polar surface area (TPSA) is 40.5 Å². The molecular formula is C14H29NO2. The largest absolute Gasteiger partial charge is 0.481 e. The van der Waals surface area contributed by atoms with Crippen molar-refractivity contribution in [1.82, 2.24) is 4.90 Å². The van der Waals surface area contributed by atoms with Crippen LogP contribution in [0.15, 0.2) is 0 Å². The minimum absolute atomic E-state index is 0.436. The zero-order chi connectivity index (χ0) is 13.6. The van der Waals surface area contributed by atoms with Crippen LogP contribution in [0.5, 0.6) is 0 Å². The Bertz CT molecular complexity index is 240. The SMILES string of the molecule is CCCC(C)(CN(C)C(C)CC(C)C)C(=O)O. The van der Waals surface area contributed by atoms with Gasteiger partial charge in [0.2, 0.25) is 0 Å². The lowest BCUT2D eigenvalue weighted by molar-refractivity contribution is -0.149. The van der Waals surface area contributed by atoms with E-state index < -0.39 is 11.4 Å². The fourth-order valence-electron chi connectivity index (χ4n) is 2.37. The molecule has 0 amide bonds. The predicted molar refractivity (Wildman–Crippen MR) is 72.2 cm³/mol. The fraction of sp³-hybridized carbons (Fsp3) is 0.929. The second-order valence-electron chi connectivity index (χ2n) is 6.01. The number of carboxylic acid groups (broad SMARTS) is 1. The number of hydrogen-bond donors (Lipinski definition) is 1. The molecule has 0 fully saturated rings. The third kappa shape index (κ3) is 5.53. The Morgan fingerprint density at radius 1 is 1.35 bits per heavy atom. The molecule has 0 bridgehead atoms. The molecule has 0 aliphatic heterocycles. The maximum Gasteiger partial charge on any atom is 0.310 e. The molecule has 3 nitrogen and oxygen atoms in total. The van der Waals surface area contributed by atoms with E-state index in [4.69, 9.17) is 0 Å². The third-order valence-corrected chi connectivity index (χ3v) is 3.48. The van der Waals surface area contributed by atoms with E-state index in [1.807, 2.05) is 20.9 Å². The van der Waals surface area contributed by atoms with E-state index >= 15 is 0 Å². The van der Waals surface area contributed by atoms with Gasteiger partial charge in [-0.2, -0.15) is 0 Å². The molecule has 0 radical (unpaired) electrons. The van der Waals surface area contributed by atoms with Gasteiger partial charge in [0.1, 0.15) is 0 Å². The van der Waals surface area contributed by atoms with Gasteiger partial charge >= 0.3 is 5.97 Å². The van der Waals surface area contributed by atoms with Crippen molar-refractivity contribution >= 4 is 5.97 Å². The van der Waals surface area contributed by atoms with Crippen LogP contribution in [0, 0.1) is 11.3 Å². The second kappa shape index (κ2) is 7.00. The van der Waals surface area contributed by atoms with Crippen molar-refractivity contribution in [3.05, 3.63) is 0 Å². The first-order valence-electron chi connectivity index (χ1n) is 6.66. The summed E-state index contributed by atoms with van der Waals surface area (Å²) in [6.07, 6.45) is 2.76. The summed E-state index contributed by atoms with van der Waals surface area (Å²) in [6.45, 7) is 11.1. The first-order valence-corrected chi connectivity index (χ1v) is 6.66. The number of hydrogen-bond acceptors (Lipinski definition) is 2. The van der Waals surface area contributed by atoms with Crippen LogP contribution in [0.25, 0.3) is 0 Å². The highest BCUT2D eigenvalue weighted by molar-refractivity contribution is 5.74.